The Hall–Kier alpha value is -0.930. The van der Waals surface area contributed by atoms with E-state index in [0.29, 0.717) is 0 Å². The van der Waals surface area contributed by atoms with Crippen LogP contribution < -0.4 is 5.32 Å². The Labute approximate surface area is 105 Å². The molecule has 0 radical (unpaired) electrons. The van der Waals surface area contributed by atoms with Gasteiger partial charge in [0.05, 0.1) is 12.1 Å². The molecule has 0 bridgehead atoms. The van der Waals surface area contributed by atoms with E-state index in [9.17, 15) is 0 Å². The van der Waals surface area contributed by atoms with Crippen LogP contribution in [-0.4, -0.2) is 24.7 Å². The normalized spacial score (nSPS) is 14.6. The van der Waals surface area contributed by atoms with Crippen LogP contribution in [0.1, 0.15) is 44.0 Å². The molecule has 0 aliphatic rings. The number of nitrogens with one attached hydrogen (secondary N) is 1. The van der Waals surface area contributed by atoms with E-state index in [1.807, 2.05) is 27.1 Å². The van der Waals surface area contributed by atoms with Crippen LogP contribution >= 0.6 is 0 Å². The third-order valence-corrected chi connectivity index (χ3v) is 2.93. The Balaban J connectivity index is 2.83. The third-order valence-electron chi connectivity index (χ3n) is 2.93. The quantitative estimate of drug-likeness (QED) is 0.790. The van der Waals surface area contributed by atoms with Crippen LogP contribution in [-0.2, 0) is 4.74 Å². The van der Waals surface area contributed by atoms with Crippen molar-refractivity contribution in [3.8, 4) is 0 Å². The second kappa shape index (κ2) is 7.41. The Bertz CT molecular complexity index is 305. The number of hydrogen-bond acceptors (Lipinski definition) is 3. The van der Waals surface area contributed by atoms with Gasteiger partial charge in [-0.25, -0.2) is 0 Å². The summed E-state index contributed by atoms with van der Waals surface area (Å²) in [5, 5.41) is 3.34. The summed E-state index contributed by atoms with van der Waals surface area (Å²) in [7, 11) is 1.98. The predicted molar refractivity (Wildman–Crippen MR) is 71.1 cm³/mol. The predicted octanol–water partition coefficient (Wildman–Crippen LogP) is 2.86. The maximum atomic E-state index is 5.83. The highest BCUT2D eigenvalue weighted by atomic mass is 16.5. The molecule has 1 N–H and O–H groups in total. The number of pyridine rings is 1. The molecule has 1 rings (SSSR count). The highest BCUT2D eigenvalue weighted by molar-refractivity contribution is 5.18. The molecule has 3 nitrogen and oxygen atoms in total. The van der Waals surface area contributed by atoms with Crippen LogP contribution in [0.3, 0.4) is 0 Å². The van der Waals surface area contributed by atoms with Gasteiger partial charge in [-0.15, -0.1) is 0 Å². The van der Waals surface area contributed by atoms with Crippen LogP contribution in [0.25, 0.3) is 0 Å². The lowest BCUT2D eigenvalue weighted by molar-refractivity contribution is 0.0294. The monoisotopic (exact) mass is 236 g/mol. The van der Waals surface area contributed by atoms with Crippen LogP contribution in [0, 0.1) is 6.92 Å². The molecular formula is C14H24N2O. The molecule has 0 spiro atoms. The fraction of sp³-hybridized carbons (Fsp3) is 0.643. The topological polar surface area (TPSA) is 34.1 Å². The van der Waals surface area contributed by atoms with Gasteiger partial charge in [0.2, 0.25) is 0 Å². The van der Waals surface area contributed by atoms with Crippen molar-refractivity contribution in [2.45, 2.75) is 45.8 Å². The van der Waals surface area contributed by atoms with Crippen molar-refractivity contribution in [2.24, 2.45) is 0 Å². The van der Waals surface area contributed by atoms with Gasteiger partial charge >= 0.3 is 0 Å². The van der Waals surface area contributed by atoms with Crippen LogP contribution in [0.15, 0.2) is 18.3 Å². The van der Waals surface area contributed by atoms with Gasteiger partial charge in [-0.05, 0) is 38.9 Å². The average molecular weight is 236 g/mol. The number of ether oxygens (including phenoxy) is 1. The van der Waals surface area contributed by atoms with E-state index < -0.39 is 0 Å². The molecule has 0 aromatic carbocycles. The zero-order valence-corrected chi connectivity index (χ0v) is 11.4. The van der Waals surface area contributed by atoms with E-state index in [2.05, 4.69) is 29.4 Å². The summed E-state index contributed by atoms with van der Waals surface area (Å²) in [6, 6.07) is 4.41. The first kappa shape index (κ1) is 14.1. The van der Waals surface area contributed by atoms with Gasteiger partial charge in [0.15, 0.2) is 0 Å². The molecule has 1 heterocycles. The maximum absolute atomic E-state index is 5.83. The van der Waals surface area contributed by atoms with Gasteiger partial charge in [0.25, 0.3) is 0 Å². The van der Waals surface area contributed by atoms with Gasteiger partial charge in [-0.2, -0.15) is 0 Å². The molecule has 1 aromatic rings. The standard InChI is InChI=1S/C14H24N2O/c1-5-7-13(17-6-2)14(15-4)12-9-8-11(3)16-10-12/h8-10,13-15H,5-7H2,1-4H3. The molecule has 0 saturated heterocycles. The highest BCUT2D eigenvalue weighted by Gasteiger charge is 2.21. The van der Waals surface area contributed by atoms with E-state index in [1.165, 1.54) is 5.56 Å². The lowest BCUT2D eigenvalue weighted by Crippen LogP contribution is -2.31. The summed E-state index contributed by atoms with van der Waals surface area (Å²) in [6.07, 6.45) is 4.35. The van der Waals surface area contributed by atoms with E-state index in [4.69, 9.17) is 4.74 Å². The highest BCUT2D eigenvalue weighted by Crippen LogP contribution is 2.22. The van der Waals surface area contributed by atoms with Crippen LogP contribution in [0.4, 0.5) is 0 Å². The van der Waals surface area contributed by atoms with Crippen molar-refractivity contribution in [1.82, 2.24) is 10.3 Å². The van der Waals surface area contributed by atoms with E-state index in [0.717, 1.165) is 25.1 Å². The zero-order valence-electron chi connectivity index (χ0n) is 11.4. The minimum Gasteiger partial charge on any atom is -0.377 e. The number of hydrogen-bond donors (Lipinski definition) is 1. The largest absolute Gasteiger partial charge is 0.377 e. The van der Waals surface area contributed by atoms with Gasteiger partial charge < -0.3 is 10.1 Å². The molecule has 17 heavy (non-hydrogen) atoms. The van der Waals surface area contributed by atoms with Gasteiger partial charge in [0, 0.05) is 18.5 Å². The van der Waals surface area contributed by atoms with Crippen molar-refractivity contribution in [1.29, 1.82) is 0 Å². The Morgan fingerprint density at radius 2 is 2.12 bits per heavy atom. The second-order valence-electron chi connectivity index (χ2n) is 4.28. The summed E-state index contributed by atoms with van der Waals surface area (Å²) >= 11 is 0. The lowest BCUT2D eigenvalue weighted by Gasteiger charge is -2.26. The Morgan fingerprint density at radius 1 is 1.35 bits per heavy atom. The van der Waals surface area contributed by atoms with Gasteiger partial charge in [0.1, 0.15) is 0 Å². The van der Waals surface area contributed by atoms with Crippen molar-refractivity contribution >= 4 is 0 Å². The smallest absolute Gasteiger partial charge is 0.0769 e. The number of aryl methyl sites for hydroxylation is 1. The van der Waals surface area contributed by atoms with Crippen molar-refractivity contribution in [3.63, 3.8) is 0 Å². The first-order valence-electron chi connectivity index (χ1n) is 6.44. The fourth-order valence-corrected chi connectivity index (χ4v) is 2.08. The molecule has 0 fully saturated rings. The van der Waals surface area contributed by atoms with Crippen LogP contribution in [0.5, 0.6) is 0 Å². The lowest BCUT2D eigenvalue weighted by atomic mass is 9.99. The Kier molecular flexibility index (Phi) is 6.16. The molecule has 2 atom stereocenters. The molecule has 0 aliphatic heterocycles. The molecule has 0 aliphatic carbocycles. The minimum absolute atomic E-state index is 0.222. The van der Waals surface area contributed by atoms with Crippen molar-refractivity contribution in [2.75, 3.05) is 13.7 Å². The van der Waals surface area contributed by atoms with Crippen LogP contribution in [0.2, 0.25) is 0 Å². The average Bonchev–Trinajstić information content (AvgIpc) is 2.33. The number of rotatable bonds is 7. The van der Waals surface area contributed by atoms with E-state index >= 15 is 0 Å². The first-order valence-corrected chi connectivity index (χ1v) is 6.44. The molecule has 1 aromatic heterocycles. The first-order chi connectivity index (χ1) is 8.22. The number of likely N-dealkylation sites (N-methyl/N-ethyl adjacent to an activating group) is 1. The van der Waals surface area contributed by atoms with Gasteiger partial charge in [-0.1, -0.05) is 19.4 Å². The molecule has 2 unspecified atom stereocenters. The van der Waals surface area contributed by atoms with Crippen molar-refractivity contribution in [3.05, 3.63) is 29.6 Å². The summed E-state index contributed by atoms with van der Waals surface area (Å²) < 4.78 is 5.83. The fourth-order valence-electron chi connectivity index (χ4n) is 2.08. The third kappa shape index (κ3) is 4.10. The second-order valence-corrected chi connectivity index (χ2v) is 4.28. The summed E-state index contributed by atoms with van der Waals surface area (Å²) in [6.45, 7) is 6.99. The zero-order chi connectivity index (χ0) is 12.7. The maximum Gasteiger partial charge on any atom is 0.0769 e. The Morgan fingerprint density at radius 3 is 2.59 bits per heavy atom. The molecule has 96 valence electrons. The number of nitrogens with zero attached hydrogens (tertiary/aromatic N) is 1. The minimum atomic E-state index is 0.222. The summed E-state index contributed by atoms with van der Waals surface area (Å²) in [4.78, 5) is 4.36. The van der Waals surface area contributed by atoms with Gasteiger partial charge in [-0.3, -0.25) is 4.98 Å². The van der Waals surface area contributed by atoms with Crippen molar-refractivity contribution < 1.29 is 4.74 Å². The number of aromatic nitrogens is 1. The SMILES string of the molecule is CCCC(OCC)C(NC)c1ccc(C)nc1. The van der Waals surface area contributed by atoms with E-state index in [1.54, 1.807) is 0 Å². The molecule has 3 heteroatoms. The summed E-state index contributed by atoms with van der Waals surface area (Å²) in [5.41, 5.74) is 2.25. The molecule has 0 amide bonds. The molecule has 0 saturated carbocycles. The van der Waals surface area contributed by atoms with E-state index in [-0.39, 0.29) is 12.1 Å². The summed E-state index contributed by atoms with van der Waals surface area (Å²) in [5.74, 6) is 0. The molecular weight excluding hydrogens is 212 g/mol.